The zero-order valence-corrected chi connectivity index (χ0v) is 15.3. The summed E-state index contributed by atoms with van der Waals surface area (Å²) >= 11 is 0. The van der Waals surface area contributed by atoms with Crippen molar-refractivity contribution in [3.8, 4) is 11.5 Å². The van der Waals surface area contributed by atoms with E-state index in [0.717, 1.165) is 5.56 Å². The molecule has 0 heterocycles. The molecule has 2 aromatic rings. The Hall–Kier alpha value is -3.88. The summed E-state index contributed by atoms with van der Waals surface area (Å²) in [5, 5.41) is 14.8. The Morgan fingerprint density at radius 3 is 2.39 bits per heavy atom. The number of carbonyl (C=O) groups excluding carboxylic acids is 2. The molecule has 2 aromatic carbocycles. The Morgan fingerprint density at radius 1 is 1.07 bits per heavy atom. The number of amides is 2. The lowest BCUT2D eigenvalue weighted by atomic mass is 10.1. The van der Waals surface area contributed by atoms with Crippen molar-refractivity contribution in [2.24, 2.45) is 5.10 Å². The summed E-state index contributed by atoms with van der Waals surface area (Å²) in [6, 6.07) is 11.4. The van der Waals surface area contributed by atoms with Crippen LogP contribution in [0, 0.1) is 0 Å². The maximum Gasteiger partial charge on any atom is 0.335 e. The second-order valence-electron chi connectivity index (χ2n) is 5.48. The minimum absolute atomic E-state index is 0.202. The lowest BCUT2D eigenvalue weighted by Crippen LogP contribution is -2.35. The molecule has 9 heteroatoms. The van der Waals surface area contributed by atoms with Crippen LogP contribution in [-0.2, 0) is 16.2 Å². The van der Waals surface area contributed by atoms with Crippen LogP contribution in [0.3, 0.4) is 0 Å². The molecule has 0 aliphatic carbocycles. The number of carboxylic acids is 1. The molecule has 2 rings (SSSR count). The third kappa shape index (κ3) is 5.56. The van der Waals surface area contributed by atoms with Gasteiger partial charge >= 0.3 is 17.8 Å². The molecule has 0 aromatic heterocycles. The minimum atomic E-state index is -0.988. The minimum Gasteiger partial charge on any atom is -0.493 e. The number of carboxylic acid groups (broad SMARTS) is 1. The van der Waals surface area contributed by atoms with E-state index in [-0.39, 0.29) is 12.2 Å². The van der Waals surface area contributed by atoms with E-state index in [1.165, 1.54) is 32.5 Å². The molecule has 0 saturated carbocycles. The SMILES string of the molecule is CNC(=O)C(=O)N/N=C\c1ccc(OCc2ccc(C(=O)O)cc2)c(OC)c1. The van der Waals surface area contributed by atoms with E-state index in [0.29, 0.717) is 17.1 Å². The molecule has 2 amide bonds. The van der Waals surface area contributed by atoms with Crippen molar-refractivity contribution in [2.75, 3.05) is 14.2 Å². The third-order valence-electron chi connectivity index (χ3n) is 3.60. The first kappa shape index (κ1) is 20.4. The molecular weight excluding hydrogens is 366 g/mol. The number of methoxy groups -OCH3 is 1. The van der Waals surface area contributed by atoms with Crippen molar-refractivity contribution in [1.82, 2.24) is 10.7 Å². The molecule has 146 valence electrons. The molecule has 28 heavy (non-hydrogen) atoms. The number of ether oxygens (including phenoxy) is 2. The number of nitrogens with zero attached hydrogens (tertiary/aromatic N) is 1. The topological polar surface area (TPSA) is 126 Å². The zero-order valence-electron chi connectivity index (χ0n) is 15.3. The molecule has 0 aliphatic rings. The van der Waals surface area contributed by atoms with Crippen LogP contribution in [0.15, 0.2) is 47.6 Å². The third-order valence-corrected chi connectivity index (χ3v) is 3.60. The number of carbonyl (C=O) groups is 3. The molecule has 3 N–H and O–H groups in total. The highest BCUT2D eigenvalue weighted by atomic mass is 16.5. The van der Waals surface area contributed by atoms with Gasteiger partial charge in [0.15, 0.2) is 11.5 Å². The molecule has 0 unspecified atom stereocenters. The number of likely N-dealkylation sites (N-methyl/N-ethyl adjacent to an activating group) is 1. The summed E-state index contributed by atoms with van der Waals surface area (Å²) in [4.78, 5) is 33.2. The largest absolute Gasteiger partial charge is 0.493 e. The van der Waals surface area contributed by atoms with Gasteiger partial charge in [0.05, 0.1) is 18.9 Å². The van der Waals surface area contributed by atoms with Crippen LogP contribution in [0.1, 0.15) is 21.5 Å². The van der Waals surface area contributed by atoms with E-state index in [2.05, 4.69) is 15.8 Å². The van der Waals surface area contributed by atoms with Crippen molar-refractivity contribution in [3.63, 3.8) is 0 Å². The fourth-order valence-corrected chi connectivity index (χ4v) is 2.12. The van der Waals surface area contributed by atoms with Gasteiger partial charge in [-0.3, -0.25) is 9.59 Å². The van der Waals surface area contributed by atoms with E-state index in [4.69, 9.17) is 14.6 Å². The van der Waals surface area contributed by atoms with Crippen LogP contribution in [0.4, 0.5) is 0 Å². The Balaban J connectivity index is 2.01. The Bertz CT molecular complexity index is 893. The lowest BCUT2D eigenvalue weighted by Gasteiger charge is -2.11. The van der Waals surface area contributed by atoms with E-state index in [1.54, 1.807) is 30.3 Å². The lowest BCUT2D eigenvalue weighted by molar-refractivity contribution is -0.138. The molecule has 0 bridgehead atoms. The molecule has 9 nitrogen and oxygen atoms in total. The van der Waals surface area contributed by atoms with E-state index < -0.39 is 17.8 Å². The molecule has 0 spiro atoms. The highest BCUT2D eigenvalue weighted by molar-refractivity contribution is 6.34. The van der Waals surface area contributed by atoms with Gasteiger partial charge < -0.3 is 19.9 Å². The predicted octanol–water partition coefficient (Wildman–Crippen LogP) is 1.17. The first-order chi connectivity index (χ1) is 13.4. The van der Waals surface area contributed by atoms with Crippen LogP contribution in [0.5, 0.6) is 11.5 Å². The Kier molecular flexibility index (Phi) is 7.09. The molecule has 0 radical (unpaired) electrons. The summed E-state index contributed by atoms with van der Waals surface area (Å²) in [6.45, 7) is 0.228. The van der Waals surface area contributed by atoms with Crippen molar-refractivity contribution < 1.29 is 29.0 Å². The average Bonchev–Trinajstić information content (AvgIpc) is 2.72. The van der Waals surface area contributed by atoms with Crippen LogP contribution in [-0.4, -0.2) is 43.3 Å². The number of hydrazone groups is 1. The van der Waals surface area contributed by atoms with Gasteiger partial charge in [-0.25, -0.2) is 10.2 Å². The number of hydrogen-bond donors (Lipinski definition) is 3. The Morgan fingerprint density at radius 2 is 1.79 bits per heavy atom. The van der Waals surface area contributed by atoms with Crippen LogP contribution in [0.25, 0.3) is 0 Å². The maximum absolute atomic E-state index is 11.3. The monoisotopic (exact) mass is 385 g/mol. The summed E-state index contributed by atoms with van der Waals surface area (Å²) in [7, 11) is 2.83. The van der Waals surface area contributed by atoms with E-state index in [9.17, 15) is 14.4 Å². The highest BCUT2D eigenvalue weighted by Crippen LogP contribution is 2.28. The van der Waals surface area contributed by atoms with Gasteiger partial charge in [-0.05, 0) is 41.5 Å². The van der Waals surface area contributed by atoms with Crippen molar-refractivity contribution in [1.29, 1.82) is 0 Å². The fraction of sp³-hybridized carbons (Fsp3) is 0.158. The number of aromatic carboxylic acids is 1. The van der Waals surface area contributed by atoms with E-state index in [1.807, 2.05) is 0 Å². The predicted molar refractivity (Wildman–Crippen MR) is 101 cm³/mol. The first-order valence-electron chi connectivity index (χ1n) is 8.12. The number of hydrogen-bond acceptors (Lipinski definition) is 6. The summed E-state index contributed by atoms with van der Waals surface area (Å²) < 4.78 is 11.0. The molecule has 0 aliphatic heterocycles. The summed E-state index contributed by atoms with van der Waals surface area (Å²) in [6.07, 6.45) is 1.36. The van der Waals surface area contributed by atoms with Gasteiger partial charge in [-0.1, -0.05) is 12.1 Å². The van der Waals surface area contributed by atoms with Gasteiger partial charge in [0.2, 0.25) is 0 Å². The van der Waals surface area contributed by atoms with Crippen LogP contribution < -0.4 is 20.2 Å². The zero-order chi connectivity index (χ0) is 20.5. The molecule has 0 fully saturated rings. The average molecular weight is 385 g/mol. The summed E-state index contributed by atoms with van der Waals surface area (Å²) in [5.74, 6) is -1.73. The second kappa shape index (κ2) is 9.72. The molecular formula is C19H19N3O6. The van der Waals surface area contributed by atoms with Crippen LogP contribution in [0.2, 0.25) is 0 Å². The van der Waals surface area contributed by atoms with Gasteiger partial charge in [0.1, 0.15) is 6.61 Å². The normalized spacial score (nSPS) is 10.4. The van der Waals surface area contributed by atoms with Gasteiger partial charge in [-0.15, -0.1) is 0 Å². The number of rotatable bonds is 7. The van der Waals surface area contributed by atoms with Crippen molar-refractivity contribution >= 4 is 24.0 Å². The highest BCUT2D eigenvalue weighted by Gasteiger charge is 2.09. The first-order valence-corrected chi connectivity index (χ1v) is 8.12. The van der Waals surface area contributed by atoms with Gasteiger partial charge in [0.25, 0.3) is 0 Å². The van der Waals surface area contributed by atoms with E-state index >= 15 is 0 Å². The van der Waals surface area contributed by atoms with Crippen molar-refractivity contribution in [2.45, 2.75) is 6.61 Å². The van der Waals surface area contributed by atoms with Gasteiger partial charge in [0, 0.05) is 7.05 Å². The van der Waals surface area contributed by atoms with Crippen molar-refractivity contribution in [3.05, 3.63) is 59.2 Å². The smallest absolute Gasteiger partial charge is 0.335 e. The summed E-state index contributed by atoms with van der Waals surface area (Å²) in [5.41, 5.74) is 3.72. The van der Waals surface area contributed by atoms with Crippen LogP contribution >= 0.6 is 0 Å². The fourth-order valence-electron chi connectivity index (χ4n) is 2.12. The second-order valence-corrected chi connectivity index (χ2v) is 5.48. The maximum atomic E-state index is 11.3. The Labute approximate surface area is 161 Å². The number of nitrogens with one attached hydrogen (secondary N) is 2. The quantitative estimate of drug-likeness (QED) is 0.373. The number of benzene rings is 2. The molecule has 0 atom stereocenters. The molecule has 0 saturated heterocycles. The van der Waals surface area contributed by atoms with Gasteiger partial charge in [-0.2, -0.15) is 5.10 Å². The standard InChI is InChI=1S/C19H19N3O6/c1-20-17(23)18(24)22-21-10-13-5-8-15(16(9-13)27-2)28-11-12-3-6-14(7-4-12)19(25)26/h3-10H,11H2,1-2H3,(H,20,23)(H,22,24)(H,25,26)/b21-10-.